The number of aliphatic hydroxyl groups excluding tert-OH is 2. The standard InChI is InChI=1S/C10H14FNO2/c1-6-5-8(11)3-4-9(12-6)10(14)7(2)13/h3-7,10,13-14H,1-2H3/t6?,7-,10+/m0/s1. The number of hydrogen-bond acceptors (Lipinski definition) is 3. The molecule has 78 valence electrons. The molecule has 0 bridgehead atoms. The highest BCUT2D eigenvalue weighted by Gasteiger charge is 2.18. The minimum absolute atomic E-state index is 0.302. The fourth-order valence-corrected chi connectivity index (χ4v) is 1.19. The molecular formula is C10H14FNO2. The smallest absolute Gasteiger partial charge is 0.121 e. The van der Waals surface area contributed by atoms with Crippen LogP contribution in [0, 0.1) is 0 Å². The Bertz CT molecular complexity index is 294. The van der Waals surface area contributed by atoms with E-state index in [0.29, 0.717) is 5.71 Å². The normalized spacial score (nSPS) is 26.2. The third-order valence-electron chi connectivity index (χ3n) is 1.93. The van der Waals surface area contributed by atoms with Crippen molar-refractivity contribution in [2.24, 2.45) is 4.99 Å². The molecule has 0 spiro atoms. The highest BCUT2D eigenvalue weighted by atomic mass is 19.1. The lowest BCUT2D eigenvalue weighted by Gasteiger charge is -2.14. The lowest BCUT2D eigenvalue weighted by molar-refractivity contribution is 0.0740. The maximum atomic E-state index is 12.9. The van der Waals surface area contributed by atoms with Crippen LogP contribution in [-0.4, -0.2) is 34.2 Å². The molecule has 1 aliphatic heterocycles. The van der Waals surface area contributed by atoms with Crippen LogP contribution < -0.4 is 0 Å². The second-order valence-corrected chi connectivity index (χ2v) is 3.36. The Hall–Kier alpha value is -1.00. The molecule has 1 unspecified atom stereocenters. The van der Waals surface area contributed by atoms with Crippen LogP contribution in [-0.2, 0) is 0 Å². The molecule has 0 aliphatic carbocycles. The van der Waals surface area contributed by atoms with E-state index < -0.39 is 12.2 Å². The highest BCUT2D eigenvalue weighted by Crippen LogP contribution is 2.11. The van der Waals surface area contributed by atoms with Gasteiger partial charge < -0.3 is 10.2 Å². The molecule has 0 saturated carbocycles. The third kappa shape index (κ3) is 2.75. The lowest BCUT2D eigenvalue weighted by atomic mass is 10.1. The zero-order valence-corrected chi connectivity index (χ0v) is 8.18. The van der Waals surface area contributed by atoms with Crippen molar-refractivity contribution in [1.82, 2.24) is 0 Å². The zero-order valence-electron chi connectivity index (χ0n) is 8.18. The van der Waals surface area contributed by atoms with Gasteiger partial charge in [-0.15, -0.1) is 0 Å². The Morgan fingerprint density at radius 3 is 2.64 bits per heavy atom. The summed E-state index contributed by atoms with van der Waals surface area (Å²) in [7, 11) is 0. The second-order valence-electron chi connectivity index (χ2n) is 3.36. The van der Waals surface area contributed by atoms with Crippen LogP contribution >= 0.6 is 0 Å². The summed E-state index contributed by atoms with van der Waals surface area (Å²) in [5, 5.41) is 18.6. The Balaban J connectivity index is 2.86. The second kappa shape index (κ2) is 4.48. The molecule has 14 heavy (non-hydrogen) atoms. The van der Waals surface area contributed by atoms with Gasteiger partial charge in [-0.25, -0.2) is 4.39 Å². The predicted molar refractivity (Wildman–Crippen MR) is 52.9 cm³/mol. The number of aliphatic hydroxyl groups is 2. The minimum Gasteiger partial charge on any atom is -0.390 e. The maximum absolute atomic E-state index is 12.9. The molecule has 1 heterocycles. The van der Waals surface area contributed by atoms with Crippen molar-refractivity contribution in [3.8, 4) is 0 Å². The van der Waals surface area contributed by atoms with Gasteiger partial charge in [-0.2, -0.15) is 0 Å². The molecule has 2 N–H and O–H groups in total. The topological polar surface area (TPSA) is 52.8 Å². The molecule has 3 atom stereocenters. The molecule has 4 heteroatoms. The molecule has 0 aromatic rings. The first kappa shape index (κ1) is 11.1. The van der Waals surface area contributed by atoms with Crippen LogP contribution in [0.4, 0.5) is 4.39 Å². The minimum atomic E-state index is -1.06. The summed E-state index contributed by atoms with van der Waals surface area (Å²) in [4.78, 5) is 4.05. The molecule has 3 nitrogen and oxygen atoms in total. The summed E-state index contributed by atoms with van der Waals surface area (Å²) in [6, 6.07) is -0.326. The van der Waals surface area contributed by atoms with E-state index in [1.165, 1.54) is 25.2 Å². The molecule has 0 aromatic heterocycles. The summed E-state index contributed by atoms with van der Waals surface area (Å²) in [6.45, 7) is 3.17. The summed E-state index contributed by atoms with van der Waals surface area (Å²) in [6.07, 6.45) is 1.98. The third-order valence-corrected chi connectivity index (χ3v) is 1.93. The average molecular weight is 199 g/mol. The summed E-state index contributed by atoms with van der Waals surface area (Å²) >= 11 is 0. The first-order valence-corrected chi connectivity index (χ1v) is 4.50. The van der Waals surface area contributed by atoms with Gasteiger partial charge in [-0.3, -0.25) is 4.99 Å². The van der Waals surface area contributed by atoms with E-state index in [1.807, 2.05) is 0 Å². The van der Waals surface area contributed by atoms with Crippen LogP contribution in [0.15, 0.2) is 29.0 Å². The van der Waals surface area contributed by atoms with Gasteiger partial charge in [0.15, 0.2) is 0 Å². The first-order chi connectivity index (χ1) is 6.50. The van der Waals surface area contributed by atoms with E-state index in [1.54, 1.807) is 6.92 Å². The molecule has 1 rings (SSSR count). The fourth-order valence-electron chi connectivity index (χ4n) is 1.19. The molecular weight excluding hydrogens is 185 g/mol. The Labute approximate surface area is 82.3 Å². The van der Waals surface area contributed by atoms with E-state index in [4.69, 9.17) is 5.11 Å². The molecule has 0 amide bonds. The van der Waals surface area contributed by atoms with Crippen LogP contribution in [0.25, 0.3) is 0 Å². The van der Waals surface area contributed by atoms with Gasteiger partial charge >= 0.3 is 0 Å². The van der Waals surface area contributed by atoms with Crippen molar-refractivity contribution in [2.45, 2.75) is 32.1 Å². The monoisotopic (exact) mass is 199 g/mol. The van der Waals surface area contributed by atoms with Gasteiger partial charge in [-0.1, -0.05) is 0 Å². The maximum Gasteiger partial charge on any atom is 0.121 e. The van der Waals surface area contributed by atoms with Crippen LogP contribution in [0.5, 0.6) is 0 Å². The van der Waals surface area contributed by atoms with E-state index >= 15 is 0 Å². The average Bonchev–Trinajstić information content (AvgIpc) is 2.25. The largest absolute Gasteiger partial charge is 0.390 e. The van der Waals surface area contributed by atoms with Crippen LogP contribution in [0.3, 0.4) is 0 Å². The van der Waals surface area contributed by atoms with E-state index in [0.717, 1.165) is 0 Å². The molecule has 0 aromatic carbocycles. The Kier molecular flexibility index (Phi) is 3.55. The van der Waals surface area contributed by atoms with Crippen molar-refractivity contribution in [3.05, 3.63) is 24.1 Å². The van der Waals surface area contributed by atoms with Gasteiger partial charge in [-0.05, 0) is 32.1 Å². The number of hydrogen-bond donors (Lipinski definition) is 2. The number of halogens is 1. The number of nitrogens with zero attached hydrogens (tertiary/aromatic N) is 1. The lowest BCUT2D eigenvalue weighted by Crippen LogP contribution is -2.31. The SMILES string of the molecule is CC1C=C(F)C=CC([C@H](O)[C@H](C)O)=N1. The van der Waals surface area contributed by atoms with Crippen molar-refractivity contribution in [2.75, 3.05) is 0 Å². The van der Waals surface area contributed by atoms with Crippen LogP contribution in [0.1, 0.15) is 13.8 Å². The van der Waals surface area contributed by atoms with Crippen LogP contribution in [0.2, 0.25) is 0 Å². The summed E-state index contributed by atoms with van der Waals surface area (Å²) < 4.78 is 12.9. The van der Waals surface area contributed by atoms with Gasteiger partial charge in [0.05, 0.1) is 17.9 Å². The van der Waals surface area contributed by atoms with Gasteiger partial charge in [0.2, 0.25) is 0 Å². The summed E-state index contributed by atoms with van der Waals surface area (Å²) in [5.74, 6) is -0.381. The quantitative estimate of drug-likeness (QED) is 0.696. The fraction of sp³-hybridized carbons (Fsp3) is 0.500. The van der Waals surface area contributed by atoms with Crippen molar-refractivity contribution < 1.29 is 14.6 Å². The van der Waals surface area contributed by atoms with Gasteiger partial charge in [0, 0.05) is 0 Å². The molecule has 0 radical (unpaired) electrons. The highest BCUT2D eigenvalue weighted by molar-refractivity contribution is 5.99. The molecule has 0 saturated heterocycles. The van der Waals surface area contributed by atoms with E-state index in [9.17, 15) is 9.50 Å². The van der Waals surface area contributed by atoms with Crippen molar-refractivity contribution in [3.63, 3.8) is 0 Å². The first-order valence-electron chi connectivity index (χ1n) is 4.50. The zero-order chi connectivity index (χ0) is 10.7. The molecule has 1 aliphatic rings. The number of aliphatic imine (C=N–C) groups is 1. The van der Waals surface area contributed by atoms with E-state index in [2.05, 4.69) is 4.99 Å². The van der Waals surface area contributed by atoms with Crippen molar-refractivity contribution in [1.29, 1.82) is 0 Å². The number of allylic oxidation sites excluding steroid dienone is 2. The number of rotatable bonds is 2. The van der Waals surface area contributed by atoms with E-state index in [-0.39, 0.29) is 11.9 Å². The predicted octanol–water partition coefficient (Wildman–Crippen LogP) is 0.981. The van der Waals surface area contributed by atoms with Crippen molar-refractivity contribution >= 4 is 5.71 Å². The van der Waals surface area contributed by atoms with Gasteiger partial charge in [0.25, 0.3) is 0 Å². The molecule has 0 fully saturated rings. The van der Waals surface area contributed by atoms with Gasteiger partial charge in [0.1, 0.15) is 11.9 Å². The Morgan fingerprint density at radius 2 is 2.07 bits per heavy atom. The summed E-state index contributed by atoms with van der Waals surface area (Å²) in [5.41, 5.74) is 0.302. The Morgan fingerprint density at radius 1 is 1.43 bits per heavy atom.